The molecule has 0 aromatic carbocycles. The van der Waals surface area contributed by atoms with Crippen LogP contribution in [0.15, 0.2) is 12.7 Å². The van der Waals surface area contributed by atoms with Gasteiger partial charge < -0.3 is 4.74 Å². The zero-order valence-corrected chi connectivity index (χ0v) is 11.3. The van der Waals surface area contributed by atoms with Gasteiger partial charge in [-0.2, -0.15) is 0 Å². The fraction of sp³-hybridized carbons (Fsp3) is 0.733. The monoisotopic (exact) mass is 248 g/mol. The van der Waals surface area contributed by atoms with Crippen LogP contribution in [0.1, 0.15) is 40.0 Å². The van der Waals surface area contributed by atoms with E-state index in [4.69, 9.17) is 4.74 Å². The van der Waals surface area contributed by atoms with Crippen LogP contribution in [-0.4, -0.2) is 17.4 Å². The molecule has 2 aliphatic heterocycles. The van der Waals surface area contributed by atoms with Crippen molar-refractivity contribution in [3.8, 4) is 0 Å². The van der Waals surface area contributed by atoms with E-state index in [9.17, 15) is 9.59 Å². The van der Waals surface area contributed by atoms with Crippen molar-refractivity contribution in [2.75, 3.05) is 0 Å². The molecule has 1 spiro atoms. The van der Waals surface area contributed by atoms with Gasteiger partial charge in [0.25, 0.3) is 0 Å². The Morgan fingerprint density at radius 1 is 1.39 bits per heavy atom. The van der Waals surface area contributed by atoms with Gasteiger partial charge in [-0.15, -0.1) is 0 Å². The molecular formula is C15H20O3. The lowest BCUT2D eigenvalue weighted by Gasteiger charge is -2.61. The molecule has 2 aliphatic carbocycles. The van der Waals surface area contributed by atoms with E-state index in [-0.39, 0.29) is 29.0 Å². The molecule has 5 unspecified atom stereocenters. The first-order chi connectivity index (χ1) is 8.35. The van der Waals surface area contributed by atoms with Crippen molar-refractivity contribution in [1.29, 1.82) is 0 Å². The highest BCUT2D eigenvalue weighted by Crippen LogP contribution is 2.70. The number of carbonyl (C=O) groups is 2. The highest BCUT2D eigenvalue weighted by atomic mass is 16.6. The van der Waals surface area contributed by atoms with Gasteiger partial charge in [-0.3, -0.25) is 9.59 Å². The van der Waals surface area contributed by atoms with E-state index in [0.717, 1.165) is 12.8 Å². The maximum Gasteiger partial charge on any atom is 0.321 e. The van der Waals surface area contributed by atoms with E-state index < -0.39 is 11.0 Å². The predicted molar refractivity (Wildman–Crippen MR) is 66.7 cm³/mol. The van der Waals surface area contributed by atoms with Crippen molar-refractivity contribution >= 4 is 11.8 Å². The highest BCUT2D eigenvalue weighted by molar-refractivity contribution is 6.09. The Kier molecular flexibility index (Phi) is 2.03. The molecule has 98 valence electrons. The lowest BCUT2D eigenvalue weighted by atomic mass is 9.46. The van der Waals surface area contributed by atoms with Crippen LogP contribution in [0.25, 0.3) is 0 Å². The SMILES string of the molecule is C=CC12CC(=O)C3(C(=O)O1)C(C)CCC3(C)C2C. The van der Waals surface area contributed by atoms with E-state index >= 15 is 0 Å². The van der Waals surface area contributed by atoms with Crippen molar-refractivity contribution in [2.24, 2.45) is 22.7 Å². The summed E-state index contributed by atoms with van der Waals surface area (Å²) in [6, 6.07) is 0. The van der Waals surface area contributed by atoms with Crippen molar-refractivity contribution in [3.63, 3.8) is 0 Å². The van der Waals surface area contributed by atoms with Crippen LogP contribution in [0.4, 0.5) is 0 Å². The summed E-state index contributed by atoms with van der Waals surface area (Å²) in [5.41, 5.74) is -1.93. The van der Waals surface area contributed by atoms with Crippen molar-refractivity contribution in [2.45, 2.75) is 45.6 Å². The number of ketones is 1. The van der Waals surface area contributed by atoms with Gasteiger partial charge in [-0.05, 0) is 30.3 Å². The Morgan fingerprint density at radius 2 is 2.06 bits per heavy atom. The van der Waals surface area contributed by atoms with E-state index in [2.05, 4.69) is 20.4 Å². The number of rotatable bonds is 1. The predicted octanol–water partition coefficient (Wildman–Crippen LogP) is 2.50. The molecule has 4 fully saturated rings. The number of hydrogen-bond acceptors (Lipinski definition) is 3. The van der Waals surface area contributed by atoms with Gasteiger partial charge in [-0.25, -0.2) is 0 Å². The molecule has 3 nitrogen and oxygen atoms in total. The van der Waals surface area contributed by atoms with Crippen LogP contribution in [0.2, 0.25) is 0 Å². The van der Waals surface area contributed by atoms with E-state index in [1.165, 1.54) is 0 Å². The molecule has 5 atom stereocenters. The molecule has 4 aliphatic rings. The second-order valence-electron chi connectivity index (χ2n) is 6.54. The second kappa shape index (κ2) is 3.06. The summed E-state index contributed by atoms with van der Waals surface area (Å²) in [6.45, 7) is 10.0. The largest absolute Gasteiger partial charge is 0.453 e. The lowest BCUT2D eigenvalue weighted by molar-refractivity contribution is -0.233. The smallest absolute Gasteiger partial charge is 0.321 e. The van der Waals surface area contributed by atoms with Crippen LogP contribution in [-0.2, 0) is 14.3 Å². The Balaban J connectivity index is 2.28. The molecule has 0 radical (unpaired) electrons. The summed E-state index contributed by atoms with van der Waals surface area (Å²) in [5, 5.41) is 0. The molecule has 2 saturated heterocycles. The van der Waals surface area contributed by atoms with Crippen molar-refractivity contribution in [3.05, 3.63) is 12.7 Å². The van der Waals surface area contributed by atoms with E-state index in [1.54, 1.807) is 6.08 Å². The molecule has 0 aromatic heterocycles. The van der Waals surface area contributed by atoms with Gasteiger partial charge in [0.1, 0.15) is 11.0 Å². The zero-order chi connectivity index (χ0) is 13.3. The minimum atomic E-state index is -0.892. The maximum absolute atomic E-state index is 12.6. The van der Waals surface area contributed by atoms with Gasteiger partial charge in [-0.1, -0.05) is 27.4 Å². The minimum Gasteiger partial charge on any atom is -0.453 e. The molecule has 18 heavy (non-hydrogen) atoms. The quantitative estimate of drug-likeness (QED) is 0.407. The van der Waals surface area contributed by atoms with Gasteiger partial charge in [0, 0.05) is 5.92 Å². The number of carbonyl (C=O) groups excluding carboxylic acids is 2. The Labute approximate surface area is 108 Å². The number of fused-ring (bicyclic) bond motifs is 2. The molecule has 0 amide bonds. The molecule has 0 aromatic rings. The third-order valence-corrected chi connectivity index (χ3v) is 6.25. The topological polar surface area (TPSA) is 43.4 Å². The van der Waals surface area contributed by atoms with Gasteiger partial charge in [0.05, 0.1) is 6.42 Å². The molecule has 2 heterocycles. The van der Waals surface area contributed by atoms with Crippen LogP contribution >= 0.6 is 0 Å². The average molecular weight is 248 g/mol. The second-order valence-corrected chi connectivity index (χ2v) is 6.54. The summed E-state index contributed by atoms with van der Waals surface area (Å²) < 4.78 is 5.67. The lowest BCUT2D eigenvalue weighted by Crippen LogP contribution is -2.71. The summed E-state index contributed by atoms with van der Waals surface area (Å²) in [6.07, 6.45) is 3.83. The summed E-state index contributed by atoms with van der Waals surface area (Å²) in [4.78, 5) is 25.2. The van der Waals surface area contributed by atoms with E-state index in [0.29, 0.717) is 6.42 Å². The first kappa shape index (κ1) is 11.9. The normalized spacial score (nSPS) is 54.2. The first-order valence-electron chi connectivity index (χ1n) is 6.75. The van der Waals surface area contributed by atoms with Crippen molar-refractivity contribution < 1.29 is 14.3 Å². The average Bonchev–Trinajstić information content (AvgIpc) is 2.60. The Hall–Kier alpha value is -1.12. The number of hydrogen-bond donors (Lipinski definition) is 0. The standard InChI is InChI=1S/C15H20O3/c1-5-14-8-11(16)15(12(17)18-14)9(2)6-7-13(15,4)10(14)3/h5,9-10H,1,6-8H2,2-4H3. The summed E-state index contributed by atoms with van der Waals surface area (Å²) >= 11 is 0. The number of ether oxygens (including phenoxy) is 1. The Bertz CT molecular complexity index is 446. The number of Topliss-reactive ketones (excluding diaryl/α,β-unsaturated/α-hetero) is 1. The molecular weight excluding hydrogens is 228 g/mol. The molecule has 2 saturated carbocycles. The third-order valence-electron chi connectivity index (χ3n) is 6.25. The van der Waals surface area contributed by atoms with Crippen LogP contribution in [0, 0.1) is 22.7 Å². The molecule has 4 rings (SSSR count). The summed E-state index contributed by atoms with van der Waals surface area (Å²) in [7, 11) is 0. The summed E-state index contributed by atoms with van der Waals surface area (Å²) in [5.74, 6) is 0.0180. The minimum absolute atomic E-state index is 0.0734. The van der Waals surface area contributed by atoms with Gasteiger partial charge >= 0.3 is 5.97 Å². The fourth-order valence-electron chi connectivity index (χ4n) is 4.94. The maximum atomic E-state index is 12.6. The van der Waals surface area contributed by atoms with E-state index in [1.807, 2.05) is 6.92 Å². The Morgan fingerprint density at radius 3 is 2.61 bits per heavy atom. The van der Waals surface area contributed by atoms with Gasteiger partial charge in [0.2, 0.25) is 0 Å². The fourth-order valence-corrected chi connectivity index (χ4v) is 4.94. The molecule has 3 heteroatoms. The third kappa shape index (κ3) is 0.886. The zero-order valence-electron chi connectivity index (χ0n) is 11.3. The van der Waals surface area contributed by atoms with Gasteiger partial charge in [0.15, 0.2) is 5.78 Å². The first-order valence-corrected chi connectivity index (χ1v) is 6.75. The number of esters is 1. The van der Waals surface area contributed by atoms with Crippen molar-refractivity contribution in [1.82, 2.24) is 0 Å². The van der Waals surface area contributed by atoms with Crippen LogP contribution < -0.4 is 0 Å². The molecule has 2 bridgehead atoms. The van der Waals surface area contributed by atoms with Crippen LogP contribution in [0.3, 0.4) is 0 Å². The molecule has 0 N–H and O–H groups in total. The highest BCUT2D eigenvalue weighted by Gasteiger charge is 2.77. The van der Waals surface area contributed by atoms with Crippen LogP contribution in [0.5, 0.6) is 0 Å².